The third-order valence-electron chi connectivity index (χ3n) is 2.82. The van der Waals surface area contributed by atoms with Gasteiger partial charge in [-0.05, 0) is 13.3 Å². The number of amides is 2. The van der Waals surface area contributed by atoms with Gasteiger partial charge in [-0.3, -0.25) is 4.79 Å². The quantitative estimate of drug-likeness (QED) is 0.473. The van der Waals surface area contributed by atoms with Crippen molar-refractivity contribution in [2.75, 3.05) is 13.1 Å². The van der Waals surface area contributed by atoms with Crippen LogP contribution < -0.4 is 5.32 Å². The molecule has 0 aromatic heterocycles. The van der Waals surface area contributed by atoms with Crippen LogP contribution in [0.15, 0.2) is 12.7 Å². The van der Waals surface area contributed by atoms with E-state index < -0.39 is 5.97 Å². The molecule has 0 saturated heterocycles. The van der Waals surface area contributed by atoms with Gasteiger partial charge in [-0.25, -0.2) is 4.79 Å². The molecule has 2 N–H and O–H groups in total. The van der Waals surface area contributed by atoms with Crippen LogP contribution in [-0.2, 0) is 4.79 Å². The Balaban J connectivity index is 4.07. The van der Waals surface area contributed by atoms with Gasteiger partial charge in [0.05, 0.1) is 0 Å². The van der Waals surface area contributed by atoms with Crippen molar-refractivity contribution in [1.82, 2.24) is 10.2 Å². The number of carbonyl (C=O) groups is 2. The van der Waals surface area contributed by atoms with Gasteiger partial charge in [0, 0.05) is 12.6 Å². The standard InChI is InChI=1S/C14H26N2O3/c1-4-6-7-8-9-12(3)15-14(19)16(10-5-2)11-13(17)18/h5,12H,2,4,6-11H2,1,3H3,(H,15,19)(H,17,18). The molecule has 0 aromatic rings. The number of urea groups is 1. The Bertz CT molecular complexity index is 292. The normalized spacial score (nSPS) is 11.7. The number of nitrogens with zero attached hydrogens (tertiary/aromatic N) is 1. The van der Waals surface area contributed by atoms with Crippen molar-refractivity contribution >= 4 is 12.0 Å². The van der Waals surface area contributed by atoms with Crippen molar-refractivity contribution in [2.24, 2.45) is 0 Å². The Labute approximate surface area is 115 Å². The van der Waals surface area contributed by atoms with Gasteiger partial charge in [-0.1, -0.05) is 38.7 Å². The molecular formula is C14H26N2O3. The maximum Gasteiger partial charge on any atom is 0.323 e. The lowest BCUT2D eigenvalue weighted by atomic mass is 10.1. The fraction of sp³-hybridized carbons (Fsp3) is 0.714. The SMILES string of the molecule is C=CCN(CC(=O)O)C(=O)NC(C)CCCCCC. The van der Waals surface area contributed by atoms with E-state index in [-0.39, 0.29) is 25.2 Å². The lowest BCUT2D eigenvalue weighted by Crippen LogP contribution is -2.46. The highest BCUT2D eigenvalue weighted by Gasteiger charge is 2.16. The average Bonchev–Trinajstić information content (AvgIpc) is 2.33. The van der Waals surface area contributed by atoms with Crippen molar-refractivity contribution in [3.63, 3.8) is 0 Å². The monoisotopic (exact) mass is 270 g/mol. The van der Waals surface area contributed by atoms with Gasteiger partial charge in [0.2, 0.25) is 0 Å². The van der Waals surface area contributed by atoms with E-state index >= 15 is 0 Å². The Morgan fingerprint density at radius 1 is 1.37 bits per heavy atom. The van der Waals surface area contributed by atoms with E-state index in [1.165, 1.54) is 30.2 Å². The molecule has 0 heterocycles. The van der Waals surface area contributed by atoms with Crippen LogP contribution in [0.2, 0.25) is 0 Å². The minimum Gasteiger partial charge on any atom is -0.480 e. The maximum absolute atomic E-state index is 11.9. The Morgan fingerprint density at radius 3 is 2.58 bits per heavy atom. The second-order valence-electron chi connectivity index (χ2n) is 4.76. The first-order valence-corrected chi connectivity index (χ1v) is 6.89. The van der Waals surface area contributed by atoms with Gasteiger partial charge < -0.3 is 15.3 Å². The predicted octanol–water partition coefficient (Wildman–Crippen LogP) is 2.63. The number of hydrogen-bond acceptors (Lipinski definition) is 2. The highest BCUT2D eigenvalue weighted by Crippen LogP contribution is 2.05. The zero-order valence-corrected chi connectivity index (χ0v) is 12.0. The van der Waals surface area contributed by atoms with Crippen LogP contribution in [-0.4, -0.2) is 41.1 Å². The average molecular weight is 270 g/mol. The molecule has 19 heavy (non-hydrogen) atoms. The molecule has 0 aromatic carbocycles. The summed E-state index contributed by atoms with van der Waals surface area (Å²) in [5.41, 5.74) is 0. The Morgan fingerprint density at radius 2 is 2.05 bits per heavy atom. The number of carboxylic acid groups (broad SMARTS) is 1. The zero-order chi connectivity index (χ0) is 14.7. The van der Waals surface area contributed by atoms with Crippen molar-refractivity contribution in [2.45, 2.75) is 52.0 Å². The lowest BCUT2D eigenvalue weighted by Gasteiger charge is -2.22. The number of hydrogen-bond donors (Lipinski definition) is 2. The maximum atomic E-state index is 11.9. The molecule has 110 valence electrons. The molecule has 0 spiro atoms. The molecule has 0 radical (unpaired) electrons. The number of carbonyl (C=O) groups excluding carboxylic acids is 1. The topological polar surface area (TPSA) is 69.6 Å². The summed E-state index contributed by atoms with van der Waals surface area (Å²) in [7, 11) is 0. The summed E-state index contributed by atoms with van der Waals surface area (Å²) < 4.78 is 0. The molecule has 0 fully saturated rings. The van der Waals surface area contributed by atoms with E-state index in [4.69, 9.17) is 5.11 Å². The summed E-state index contributed by atoms with van der Waals surface area (Å²) >= 11 is 0. The lowest BCUT2D eigenvalue weighted by molar-refractivity contribution is -0.137. The smallest absolute Gasteiger partial charge is 0.323 e. The van der Waals surface area contributed by atoms with E-state index in [1.807, 2.05) is 6.92 Å². The van der Waals surface area contributed by atoms with Gasteiger partial charge in [-0.15, -0.1) is 6.58 Å². The minimum atomic E-state index is -1.02. The van der Waals surface area contributed by atoms with Crippen LogP contribution in [0, 0.1) is 0 Å². The van der Waals surface area contributed by atoms with Crippen LogP contribution in [0.5, 0.6) is 0 Å². The fourth-order valence-electron chi connectivity index (χ4n) is 1.79. The molecule has 0 bridgehead atoms. The first kappa shape index (κ1) is 17.5. The first-order valence-electron chi connectivity index (χ1n) is 6.89. The number of nitrogens with one attached hydrogen (secondary N) is 1. The van der Waals surface area contributed by atoms with E-state index in [0.717, 1.165) is 12.8 Å². The minimum absolute atomic E-state index is 0.0606. The van der Waals surface area contributed by atoms with Gasteiger partial charge in [-0.2, -0.15) is 0 Å². The van der Waals surface area contributed by atoms with Crippen LogP contribution in [0.25, 0.3) is 0 Å². The van der Waals surface area contributed by atoms with Crippen molar-refractivity contribution in [3.8, 4) is 0 Å². The Kier molecular flexibility index (Phi) is 9.57. The van der Waals surface area contributed by atoms with E-state index in [9.17, 15) is 9.59 Å². The molecule has 0 rings (SSSR count). The van der Waals surface area contributed by atoms with Gasteiger partial charge in [0.1, 0.15) is 6.54 Å². The van der Waals surface area contributed by atoms with E-state index in [1.54, 1.807) is 0 Å². The first-order chi connectivity index (χ1) is 9.01. The zero-order valence-electron chi connectivity index (χ0n) is 12.0. The van der Waals surface area contributed by atoms with Crippen molar-refractivity contribution in [1.29, 1.82) is 0 Å². The van der Waals surface area contributed by atoms with Crippen LogP contribution >= 0.6 is 0 Å². The van der Waals surface area contributed by atoms with E-state index in [0.29, 0.717) is 0 Å². The summed E-state index contributed by atoms with van der Waals surface area (Å²) in [4.78, 5) is 23.8. The Hall–Kier alpha value is -1.52. The van der Waals surface area contributed by atoms with Crippen LogP contribution in [0.4, 0.5) is 4.79 Å². The number of unbranched alkanes of at least 4 members (excludes halogenated alkanes) is 3. The highest BCUT2D eigenvalue weighted by molar-refractivity contribution is 5.80. The van der Waals surface area contributed by atoms with Gasteiger partial charge in [0.25, 0.3) is 0 Å². The van der Waals surface area contributed by atoms with Crippen LogP contribution in [0.1, 0.15) is 46.0 Å². The van der Waals surface area contributed by atoms with E-state index in [2.05, 4.69) is 18.8 Å². The fourth-order valence-corrected chi connectivity index (χ4v) is 1.79. The third kappa shape index (κ3) is 9.11. The molecule has 0 aliphatic rings. The molecule has 1 unspecified atom stereocenters. The van der Waals surface area contributed by atoms with Gasteiger partial charge in [0.15, 0.2) is 0 Å². The summed E-state index contributed by atoms with van der Waals surface area (Å²) in [5, 5.41) is 11.6. The predicted molar refractivity (Wildman–Crippen MR) is 76.2 cm³/mol. The number of carboxylic acids is 1. The number of rotatable bonds is 10. The largest absolute Gasteiger partial charge is 0.480 e. The molecular weight excluding hydrogens is 244 g/mol. The molecule has 2 amide bonds. The molecule has 0 saturated carbocycles. The summed E-state index contributed by atoms with van der Waals surface area (Å²) in [6.45, 7) is 7.55. The molecule has 0 aliphatic heterocycles. The van der Waals surface area contributed by atoms with Crippen molar-refractivity contribution in [3.05, 3.63) is 12.7 Å². The molecule has 5 heteroatoms. The third-order valence-corrected chi connectivity index (χ3v) is 2.82. The van der Waals surface area contributed by atoms with Crippen LogP contribution in [0.3, 0.4) is 0 Å². The van der Waals surface area contributed by atoms with Crippen molar-refractivity contribution < 1.29 is 14.7 Å². The molecule has 0 aliphatic carbocycles. The second-order valence-corrected chi connectivity index (χ2v) is 4.76. The summed E-state index contributed by atoms with van der Waals surface area (Å²) in [6.07, 6.45) is 7.09. The highest BCUT2D eigenvalue weighted by atomic mass is 16.4. The summed E-state index contributed by atoms with van der Waals surface area (Å²) in [5.74, 6) is -1.02. The molecule has 1 atom stereocenters. The summed E-state index contributed by atoms with van der Waals surface area (Å²) in [6, 6.07) is -0.282. The second kappa shape index (κ2) is 10.4. The van der Waals surface area contributed by atoms with Gasteiger partial charge >= 0.3 is 12.0 Å². The number of aliphatic carboxylic acids is 1. The molecule has 5 nitrogen and oxygen atoms in total.